The summed E-state index contributed by atoms with van der Waals surface area (Å²) in [6.45, 7) is 7.64. The van der Waals surface area contributed by atoms with Crippen molar-refractivity contribution in [2.24, 2.45) is 11.8 Å². The van der Waals surface area contributed by atoms with E-state index >= 15 is 0 Å². The fraction of sp³-hybridized carbons (Fsp3) is 0.696. The normalized spacial score (nSPS) is 27.5. The molecule has 154 valence electrons. The van der Waals surface area contributed by atoms with E-state index in [0.29, 0.717) is 18.6 Å². The van der Waals surface area contributed by atoms with E-state index in [0.717, 1.165) is 38.3 Å². The van der Waals surface area contributed by atoms with Crippen molar-refractivity contribution in [1.82, 2.24) is 15.5 Å². The van der Waals surface area contributed by atoms with E-state index in [4.69, 9.17) is 4.74 Å². The molecule has 2 fully saturated rings. The number of fused-ring (bicyclic) bond motifs is 1. The molecule has 2 N–H and O–H groups in total. The highest BCUT2D eigenvalue weighted by Crippen LogP contribution is 2.27. The van der Waals surface area contributed by atoms with E-state index in [2.05, 4.69) is 40.7 Å². The molecule has 3 aliphatic rings. The number of rotatable bonds is 7. The van der Waals surface area contributed by atoms with Crippen LogP contribution in [0, 0.1) is 11.8 Å². The predicted molar refractivity (Wildman–Crippen MR) is 112 cm³/mol. The Balaban J connectivity index is 1.23. The summed E-state index contributed by atoms with van der Waals surface area (Å²) in [6, 6.07) is 7.05. The zero-order valence-corrected chi connectivity index (χ0v) is 17.2. The first kappa shape index (κ1) is 19.7. The number of ether oxygens (including phenoxy) is 1. The highest BCUT2D eigenvalue weighted by molar-refractivity contribution is 5.79. The third-order valence-electron chi connectivity index (χ3n) is 6.79. The maximum atomic E-state index is 12.7. The number of hydrogen-bond acceptors (Lipinski definition) is 4. The number of benzene rings is 1. The molecule has 5 nitrogen and oxygen atoms in total. The molecule has 2 heterocycles. The number of aryl methyl sites for hydroxylation is 2. The van der Waals surface area contributed by atoms with Crippen LogP contribution in [0.4, 0.5) is 0 Å². The van der Waals surface area contributed by atoms with Crippen molar-refractivity contribution in [1.29, 1.82) is 0 Å². The van der Waals surface area contributed by atoms with Gasteiger partial charge < -0.3 is 15.4 Å². The molecule has 3 atom stereocenters. The number of nitrogens with zero attached hydrogens (tertiary/aromatic N) is 1. The first-order valence-electron chi connectivity index (χ1n) is 11.2. The standard InChI is InChI=1S/C23H35N3O2/c1-2-26-10-4-7-21(26)15-25-23(27)20-11-17(13-24-14-20)16-28-22-9-8-18-5-3-6-19(18)12-22/h8-9,12,17,20-21,24H,2-7,10-11,13-16H2,1H3,(H,25,27)/t17-,20+,21-/m0/s1. The number of hydrogen-bond donors (Lipinski definition) is 2. The van der Waals surface area contributed by atoms with Crippen molar-refractivity contribution in [3.8, 4) is 5.75 Å². The SMILES string of the molecule is CCN1CCC[C@H]1CNC(=O)[C@H]1CNC[C@@H](COc2ccc3c(c2)CCC3)C1. The van der Waals surface area contributed by atoms with Gasteiger partial charge in [0.1, 0.15) is 5.75 Å². The molecule has 2 saturated heterocycles. The number of likely N-dealkylation sites (N-methyl/N-ethyl adjacent to an activating group) is 1. The summed E-state index contributed by atoms with van der Waals surface area (Å²) in [7, 11) is 0. The van der Waals surface area contributed by atoms with Crippen LogP contribution in [0.25, 0.3) is 0 Å². The lowest BCUT2D eigenvalue weighted by atomic mass is 9.90. The molecule has 0 bridgehead atoms. The van der Waals surface area contributed by atoms with E-state index in [1.165, 1.54) is 49.8 Å². The first-order chi connectivity index (χ1) is 13.7. The van der Waals surface area contributed by atoms with E-state index in [1.54, 1.807) is 0 Å². The Morgan fingerprint density at radius 1 is 1.25 bits per heavy atom. The Morgan fingerprint density at radius 3 is 3.04 bits per heavy atom. The van der Waals surface area contributed by atoms with Crippen LogP contribution in [0.3, 0.4) is 0 Å². The summed E-state index contributed by atoms with van der Waals surface area (Å²) in [5.41, 5.74) is 2.93. The van der Waals surface area contributed by atoms with Crippen LogP contribution in [0.2, 0.25) is 0 Å². The fourth-order valence-corrected chi connectivity index (χ4v) is 5.11. The Labute approximate surface area is 169 Å². The monoisotopic (exact) mass is 385 g/mol. The number of amides is 1. The van der Waals surface area contributed by atoms with Crippen LogP contribution in [0.15, 0.2) is 18.2 Å². The van der Waals surface area contributed by atoms with E-state index in [9.17, 15) is 4.79 Å². The van der Waals surface area contributed by atoms with Crippen molar-refractivity contribution in [3.05, 3.63) is 29.3 Å². The van der Waals surface area contributed by atoms with Crippen molar-refractivity contribution < 1.29 is 9.53 Å². The summed E-state index contributed by atoms with van der Waals surface area (Å²) in [4.78, 5) is 15.2. The van der Waals surface area contributed by atoms with Gasteiger partial charge in [-0.2, -0.15) is 0 Å². The van der Waals surface area contributed by atoms with Gasteiger partial charge in [0.2, 0.25) is 5.91 Å². The van der Waals surface area contributed by atoms with E-state index < -0.39 is 0 Å². The summed E-state index contributed by atoms with van der Waals surface area (Å²) in [6.07, 6.45) is 7.01. The molecule has 0 unspecified atom stereocenters. The minimum Gasteiger partial charge on any atom is -0.493 e. The van der Waals surface area contributed by atoms with E-state index in [-0.39, 0.29) is 11.8 Å². The molecule has 1 amide bonds. The number of nitrogens with one attached hydrogen (secondary N) is 2. The van der Waals surface area contributed by atoms with Gasteiger partial charge in [-0.15, -0.1) is 0 Å². The summed E-state index contributed by atoms with van der Waals surface area (Å²) >= 11 is 0. The zero-order valence-electron chi connectivity index (χ0n) is 17.2. The van der Waals surface area contributed by atoms with Gasteiger partial charge in [-0.05, 0) is 74.9 Å². The molecule has 0 aromatic heterocycles. The Bertz CT molecular complexity index is 678. The van der Waals surface area contributed by atoms with Gasteiger partial charge in [0, 0.05) is 31.6 Å². The highest BCUT2D eigenvalue weighted by atomic mass is 16.5. The second-order valence-corrected chi connectivity index (χ2v) is 8.72. The maximum Gasteiger partial charge on any atom is 0.224 e. The van der Waals surface area contributed by atoms with Crippen molar-refractivity contribution in [2.45, 2.75) is 51.5 Å². The fourth-order valence-electron chi connectivity index (χ4n) is 5.11. The number of piperidine rings is 1. The molecule has 28 heavy (non-hydrogen) atoms. The van der Waals surface area contributed by atoms with Gasteiger partial charge in [-0.1, -0.05) is 13.0 Å². The third kappa shape index (κ3) is 4.69. The second kappa shape index (κ2) is 9.27. The molecule has 1 aliphatic carbocycles. The number of likely N-dealkylation sites (tertiary alicyclic amines) is 1. The lowest BCUT2D eigenvalue weighted by Crippen LogP contribution is -2.48. The summed E-state index contributed by atoms with van der Waals surface area (Å²) in [5, 5.41) is 6.66. The molecule has 4 rings (SSSR count). The van der Waals surface area contributed by atoms with Crippen LogP contribution >= 0.6 is 0 Å². The average Bonchev–Trinajstić information content (AvgIpc) is 3.39. The zero-order chi connectivity index (χ0) is 19.3. The lowest BCUT2D eigenvalue weighted by Gasteiger charge is -2.30. The van der Waals surface area contributed by atoms with Crippen molar-refractivity contribution >= 4 is 5.91 Å². The highest BCUT2D eigenvalue weighted by Gasteiger charge is 2.29. The minimum absolute atomic E-state index is 0.0545. The van der Waals surface area contributed by atoms with Gasteiger partial charge >= 0.3 is 0 Å². The van der Waals surface area contributed by atoms with Gasteiger partial charge in [-0.25, -0.2) is 0 Å². The van der Waals surface area contributed by atoms with Crippen LogP contribution in [-0.2, 0) is 17.6 Å². The van der Waals surface area contributed by atoms with Crippen LogP contribution < -0.4 is 15.4 Å². The molecular weight excluding hydrogens is 350 g/mol. The maximum absolute atomic E-state index is 12.7. The average molecular weight is 386 g/mol. The topological polar surface area (TPSA) is 53.6 Å². The second-order valence-electron chi connectivity index (χ2n) is 8.72. The molecule has 0 saturated carbocycles. The third-order valence-corrected chi connectivity index (χ3v) is 6.79. The van der Waals surface area contributed by atoms with Gasteiger partial charge in [0.05, 0.1) is 12.5 Å². The van der Waals surface area contributed by atoms with Crippen LogP contribution in [0.5, 0.6) is 5.75 Å². The molecule has 1 aromatic rings. The lowest BCUT2D eigenvalue weighted by molar-refractivity contribution is -0.126. The van der Waals surface area contributed by atoms with Crippen molar-refractivity contribution in [2.75, 3.05) is 39.3 Å². The van der Waals surface area contributed by atoms with Gasteiger partial charge in [0.15, 0.2) is 0 Å². The Hall–Kier alpha value is -1.59. The molecular formula is C23H35N3O2. The first-order valence-corrected chi connectivity index (χ1v) is 11.2. The molecule has 5 heteroatoms. The van der Waals surface area contributed by atoms with Crippen LogP contribution in [-0.4, -0.2) is 56.2 Å². The summed E-state index contributed by atoms with van der Waals surface area (Å²) in [5.74, 6) is 1.63. The van der Waals surface area contributed by atoms with Gasteiger partial charge in [0.25, 0.3) is 0 Å². The number of carbonyl (C=O) groups excluding carboxylic acids is 1. The quantitative estimate of drug-likeness (QED) is 0.757. The van der Waals surface area contributed by atoms with E-state index in [1.807, 2.05) is 0 Å². The molecule has 0 spiro atoms. The van der Waals surface area contributed by atoms with Crippen LogP contribution in [0.1, 0.15) is 43.7 Å². The summed E-state index contributed by atoms with van der Waals surface area (Å²) < 4.78 is 6.09. The molecule has 1 aromatic carbocycles. The Kier molecular flexibility index (Phi) is 6.53. The smallest absolute Gasteiger partial charge is 0.224 e. The minimum atomic E-state index is 0.0545. The Morgan fingerprint density at radius 2 is 2.14 bits per heavy atom. The molecule has 0 radical (unpaired) electrons. The largest absolute Gasteiger partial charge is 0.493 e. The van der Waals surface area contributed by atoms with Gasteiger partial charge in [-0.3, -0.25) is 9.69 Å². The van der Waals surface area contributed by atoms with Crippen molar-refractivity contribution in [3.63, 3.8) is 0 Å². The number of carbonyl (C=O) groups is 1. The molecule has 2 aliphatic heterocycles. The predicted octanol–water partition coefficient (Wildman–Crippen LogP) is 2.38.